The fourth-order valence-corrected chi connectivity index (χ4v) is 7.76. The fourth-order valence-electron chi connectivity index (χ4n) is 6.47. The Bertz CT molecular complexity index is 1350. The van der Waals surface area contributed by atoms with E-state index in [2.05, 4.69) is 5.32 Å². The lowest BCUT2D eigenvalue weighted by atomic mass is 9.54. The second-order valence-electron chi connectivity index (χ2n) is 10.2. The highest BCUT2D eigenvalue weighted by atomic mass is 35.5. The van der Waals surface area contributed by atoms with Gasteiger partial charge in [-0.3, -0.25) is 19.3 Å². The average molecular weight is 568 g/mol. The molecule has 1 aliphatic heterocycles. The molecule has 194 valence electrons. The van der Waals surface area contributed by atoms with Gasteiger partial charge in [0, 0.05) is 23.7 Å². The van der Waals surface area contributed by atoms with Crippen LogP contribution in [0.3, 0.4) is 0 Å². The van der Waals surface area contributed by atoms with E-state index in [4.69, 9.17) is 34.8 Å². The molecule has 8 heteroatoms. The van der Waals surface area contributed by atoms with Crippen LogP contribution in [0.25, 0.3) is 0 Å². The minimum absolute atomic E-state index is 0.105. The Morgan fingerprint density at radius 2 is 1.29 bits per heavy atom. The molecular weight excluding hydrogens is 543 g/mol. The SMILES string of the molecule is O=C(CCCCCN1C(=O)[C@@H]2[C@@H](C1=O)C1(Cl)c3ccccc3C2(Cl)c2ccccc21)Nc1cccc(Cl)c1. The molecule has 0 radical (unpaired) electrons. The van der Waals surface area contributed by atoms with E-state index in [0.717, 1.165) is 22.3 Å². The summed E-state index contributed by atoms with van der Waals surface area (Å²) in [5, 5.41) is 3.39. The van der Waals surface area contributed by atoms with Crippen molar-refractivity contribution in [2.45, 2.75) is 35.4 Å². The van der Waals surface area contributed by atoms with Crippen molar-refractivity contribution in [2.24, 2.45) is 11.8 Å². The summed E-state index contributed by atoms with van der Waals surface area (Å²) in [7, 11) is 0. The summed E-state index contributed by atoms with van der Waals surface area (Å²) in [6.07, 6.45) is 2.24. The first kappa shape index (κ1) is 25.4. The Morgan fingerprint density at radius 1 is 0.763 bits per heavy atom. The molecule has 2 bridgehead atoms. The molecule has 5 nitrogen and oxygen atoms in total. The van der Waals surface area contributed by atoms with Crippen molar-refractivity contribution in [2.75, 3.05) is 11.9 Å². The Hall–Kier alpha value is -2.86. The largest absolute Gasteiger partial charge is 0.326 e. The van der Waals surface area contributed by atoms with Crippen LogP contribution >= 0.6 is 34.8 Å². The Labute approximate surface area is 236 Å². The van der Waals surface area contributed by atoms with Crippen molar-refractivity contribution in [1.29, 1.82) is 0 Å². The van der Waals surface area contributed by atoms with Crippen molar-refractivity contribution in [3.63, 3.8) is 0 Å². The van der Waals surface area contributed by atoms with Gasteiger partial charge in [0.05, 0.1) is 11.8 Å². The van der Waals surface area contributed by atoms with E-state index in [1.807, 2.05) is 48.5 Å². The molecule has 1 saturated heterocycles. The van der Waals surface area contributed by atoms with E-state index in [1.165, 1.54) is 4.90 Å². The normalized spacial score (nSPS) is 26.7. The van der Waals surface area contributed by atoms with Crippen molar-refractivity contribution in [3.05, 3.63) is 100 Å². The summed E-state index contributed by atoms with van der Waals surface area (Å²) in [5.41, 5.74) is 3.84. The van der Waals surface area contributed by atoms with Crippen molar-refractivity contribution < 1.29 is 14.4 Å². The van der Waals surface area contributed by atoms with Crippen molar-refractivity contribution in [3.8, 4) is 0 Å². The number of rotatable bonds is 7. The standard InChI is InChI=1S/C30H25Cl3N2O3/c31-18-9-8-10-19(17-18)34-24(36)15-2-1-7-16-35-27(37)25-26(28(35)38)30(33)21-12-4-3-11-20(21)29(25,32)22-13-5-6-14-23(22)30/h3-6,8-14,17,25-26H,1-2,7,15-16H2,(H,34,36)/t25-,26-,29?,30?/m0/s1. The number of amides is 3. The number of unbranched alkanes of at least 4 members (excludes halogenated alkanes) is 2. The molecule has 38 heavy (non-hydrogen) atoms. The zero-order chi connectivity index (χ0) is 26.7. The van der Waals surface area contributed by atoms with Gasteiger partial charge in [-0.15, -0.1) is 23.2 Å². The third-order valence-electron chi connectivity index (χ3n) is 8.07. The maximum absolute atomic E-state index is 13.8. The summed E-state index contributed by atoms with van der Waals surface area (Å²) >= 11 is 20.8. The number of nitrogens with zero attached hydrogens (tertiary/aromatic N) is 1. The van der Waals surface area contributed by atoms with Crippen LogP contribution < -0.4 is 5.32 Å². The zero-order valence-corrected chi connectivity index (χ0v) is 22.7. The highest BCUT2D eigenvalue weighted by Crippen LogP contribution is 2.69. The lowest BCUT2D eigenvalue weighted by Crippen LogP contribution is -2.57. The van der Waals surface area contributed by atoms with Gasteiger partial charge in [0.2, 0.25) is 17.7 Å². The van der Waals surface area contributed by atoms with E-state index in [9.17, 15) is 14.4 Å². The monoisotopic (exact) mass is 566 g/mol. The third-order valence-corrected chi connectivity index (χ3v) is 9.59. The van der Waals surface area contributed by atoms with Crippen LogP contribution in [0.15, 0.2) is 72.8 Å². The van der Waals surface area contributed by atoms with Gasteiger partial charge in [-0.1, -0.05) is 72.6 Å². The topological polar surface area (TPSA) is 66.5 Å². The summed E-state index contributed by atoms with van der Waals surface area (Å²) < 4.78 is 0. The molecule has 3 amide bonds. The van der Waals surface area contributed by atoms with Gasteiger partial charge < -0.3 is 5.32 Å². The fraction of sp³-hybridized carbons (Fsp3) is 0.300. The Balaban J connectivity index is 1.17. The van der Waals surface area contributed by atoms with Crippen LogP contribution in [0.2, 0.25) is 5.02 Å². The molecule has 0 spiro atoms. The predicted molar refractivity (Wildman–Crippen MR) is 148 cm³/mol. The summed E-state index contributed by atoms with van der Waals surface area (Å²) in [6, 6.07) is 22.2. The number of nitrogens with one attached hydrogen (secondary N) is 1. The van der Waals surface area contributed by atoms with E-state index >= 15 is 0 Å². The molecule has 0 unspecified atom stereocenters. The van der Waals surface area contributed by atoms with Crippen LogP contribution in [0.1, 0.15) is 47.9 Å². The lowest BCUT2D eigenvalue weighted by molar-refractivity contribution is -0.140. The van der Waals surface area contributed by atoms with Gasteiger partial charge in [-0.05, 0) is 53.3 Å². The minimum Gasteiger partial charge on any atom is -0.326 e. The van der Waals surface area contributed by atoms with E-state index in [1.54, 1.807) is 24.3 Å². The molecule has 7 rings (SSSR count). The van der Waals surface area contributed by atoms with Gasteiger partial charge in [-0.25, -0.2) is 0 Å². The molecule has 2 atom stereocenters. The highest BCUT2D eigenvalue weighted by molar-refractivity contribution is 6.36. The number of alkyl halides is 2. The minimum atomic E-state index is -1.16. The van der Waals surface area contributed by atoms with Gasteiger partial charge in [-0.2, -0.15) is 0 Å². The van der Waals surface area contributed by atoms with E-state index in [0.29, 0.717) is 36.4 Å². The molecule has 1 fully saturated rings. The second kappa shape index (κ2) is 9.41. The van der Waals surface area contributed by atoms with Crippen LogP contribution in [0.5, 0.6) is 0 Å². The molecule has 1 N–H and O–H groups in total. The molecule has 0 saturated carbocycles. The first-order valence-corrected chi connectivity index (χ1v) is 13.9. The molecule has 3 aromatic rings. The molecular formula is C30H25Cl3N2O3. The van der Waals surface area contributed by atoms with Gasteiger partial charge in [0.25, 0.3) is 0 Å². The van der Waals surface area contributed by atoms with Crippen LogP contribution in [-0.2, 0) is 24.1 Å². The number of anilines is 1. The number of hydrogen-bond acceptors (Lipinski definition) is 3. The smallest absolute Gasteiger partial charge is 0.235 e. The Morgan fingerprint density at radius 3 is 1.79 bits per heavy atom. The van der Waals surface area contributed by atoms with Crippen LogP contribution in [0.4, 0.5) is 5.69 Å². The first-order valence-electron chi connectivity index (χ1n) is 12.8. The van der Waals surface area contributed by atoms with E-state index in [-0.39, 0.29) is 24.3 Å². The van der Waals surface area contributed by atoms with Gasteiger partial charge in [0.15, 0.2) is 0 Å². The zero-order valence-electron chi connectivity index (χ0n) is 20.4. The van der Waals surface area contributed by atoms with Crippen molar-refractivity contribution in [1.82, 2.24) is 4.90 Å². The molecule has 4 aliphatic rings. The summed E-state index contributed by atoms with van der Waals surface area (Å²) in [6.45, 7) is 0.271. The number of imide groups is 1. The first-order chi connectivity index (χ1) is 18.3. The third kappa shape index (κ3) is 3.63. The maximum atomic E-state index is 13.8. The van der Waals surface area contributed by atoms with Gasteiger partial charge >= 0.3 is 0 Å². The quantitative estimate of drug-likeness (QED) is 0.203. The molecule has 3 aliphatic carbocycles. The van der Waals surface area contributed by atoms with Gasteiger partial charge in [0.1, 0.15) is 9.75 Å². The van der Waals surface area contributed by atoms with Crippen LogP contribution in [-0.4, -0.2) is 29.2 Å². The van der Waals surface area contributed by atoms with Crippen LogP contribution in [0, 0.1) is 11.8 Å². The second-order valence-corrected chi connectivity index (χ2v) is 11.8. The number of benzene rings is 3. The average Bonchev–Trinajstić information content (AvgIpc) is 3.17. The lowest BCUT2D eigenvalue weighted by Gasteiger charge is -2.54. The molecule has 0 aromatic heterocycles. The predicted octanol–water partition coefficient (Wildman–Crippen LogP) is 6.43. The number of carbonyl (C=O) groups is 3. The highest BCUT2D eigenvalue weighted by Gasteiger charge is 2.72. The number of halogens is 3. The molecule has 1 heterocycles. The van der Waals surface area contributed by atoms with Crippen molar-refractivity contribution >= 4 is 58.2 Å². The number of hydrogen-bond donors (Lipinski definition) is 1. The number of carbonyl (C=O) groups excluding carboxylic acids is 3. The Kier molecular flexibility index (Phi) is 6.29. The molecule has 3 aromatic carbocycles. The summed E-state index contributed by atoms with van der Waals surface area (Å²) in [5.74, 6) is -2.21. The van der Waals surface area contributed by atoms with E-state index < -0.39 is 21.6 Å². The number of likely N-dealkylation sites (tertiary alicyclic amines) is 1. The summed E-state index contributed by atoms with van der Waals surface area (Å²) in [4.78, 5) is 38.9. The maximum Gasteiger partial charge on any atom is 0.235 e.